The Labute approximate surface area is 240 Å². The predicted octanol–water partition coefficient (Wildman–Crippen LogP) is 5.41. The Bertz CT molecular complexity index is 1320. The van der Waals surface area contributed by atoms with Gasteiger partial charge in [0.2, 0.25) is 5.91 Å². The number of fused-ring (bicyclic) bond motifs is 1. The van der Waals surface area contributed by atoms with Crippen LogP contribution in [0.2, 0.25) is 5.02 Å². The maximum Gasteiger partial charge on any atom is 0.412 e. The van der Waals surface area contributed by atoms with E-state index in [1.165, 1.54) is 6.07 Å². The van der Waals surface area contributed by atoms with Crippen molar-refractivity contribution in [1.29, 1.82) is 0 Å². The van der Waals surface area contributed by atoms with E-state index in [4.69, 9.17) is 16.3 Å². The molecule has 0 spiro atoms. The molecule has 0 bridgehead atoms. The molecule has 2 aromatic carbocycles. The van der Waals surface area contributed by atoms with Crippen molar-refractivity contribution in [3.05, 3.63) is 71.1 Å². The minimum Gasteiger partial charge on any atom is -0.448 e. The van der Waals surface area contributed by atoms with E-state index >= 15 is 0 Å². The summed E-state index contributed by atoms with van der Waals surface area (Å²) in [5.41, 5.74) is 0.620. The third-order valence-electron chi connectivity index (χ3n) is 7.43. The molecule has 0 radical (unpaired) electrons. The van der Waals surface area contributed by atoms with Crippen LogP contribution in [-0.4, -0.2) is 83.6 Å². The van der Waals surface area contributed by atoms with Crippen molar-refractivity contribution in [2.24, 2.45) is 0 Å². The van der Waals surface area contributed by atoms with Gasteiger partial charge in [-0.15, -0.1) is 0 Å². The molecule has 1 saturated heterocycles. The number of rotatable bonds is 10. The van der Waals surface area contributed by atoms with Crippen molar-refractivity contribution in [2.45, 2.75) is 45.3 Å². The molecular formula is C30H37ClFN5O3. The number of anilines is 1. The summed E-state index contributed by atoms with van der Waals surface area (Å²) in [6, 6.07) is 14.4. The lowest BCUT2D eigenvalue weighted by atomic mass is 10.1. The van der Waals surface area contributed by atoms with Gasteiger partial charge in [0.25, 0.3) is 0 Å². The zero-order chi connectivity index (χ0) is 28.6. The van der Waals surface area contributed by atoms with Crippen molar-refractivity contribution in [3.8, 4) is 0 Å². The Morgan fingerprint density at radius 2 is 1.82 bits per heavy atom. The van der Waals surface area contributed by atoms with Crippen molar-refractivity contribution in [3.63, 3.8) is 0 Å². The lowest BCUT2D eigenvalue weighted by Crippen LogP contribution is -2.51. The number of pyridine rings is 1. The summed E-state index contributed by atoms with van der Waals surface area (Å²) in [5, 5.41) is 4.66. The number of amides is 2. The van der Waals surface area contributed by atoms with Crippen LogP contribution in [0.15, 0.2) is 54.7 Å². The van der Waals surface area contributed by atoms with Gasteiger partial charge in [0, 0.05) is 62.8 Å². The molecule has 214 valence electrons. The fraction of sp³-hybridized carbons (Fsp3) is 0.433. The topological polar surface area (TPSA) is 78.0 Å². The van der Waals surface area contributed by atoms with Crippen molar-refractivity contribution >= 4 is 40.2 Å². The number of benzene rings is 2. The van der Waals surface area contributed by atoms with Gasteiger partial charge in [-0.05, 0) is 50.4 Å². The average Bonchev–Trinajstić information content (AvgIpc) is 2.95. The largest absolute Gasteiger partial charge is 0.448 e. The average molecular weight is 570 g/mol. The molecule has 2 heterocycles. The summed E-state index contributed by atoms with van der Waals surface area (Å²) in [7, 11) is 1.85. The van der Waals surface area contributed by atoms with Crippen LogP contribution in [0.25, 0.3) is 10.8 Å². The number of nitrogens with zero attached hydrogens (tertiary/aromatic N) is 4. The molecule has 4 rings (SSSR count). The van der Waals surface area contributed by atoms with Crippen LogP contribution in [0, 0.1) is 5.82 Å². The minimum absolute atomic E-state index is 0.0389. The smallest absolute Gasteiger partial charge is 0.412 e. The zero-order valence-corrected chi connectivity index (χ0v) is 24.0. The molecule has 1 unspecified atom stereocenters. The summed E-state index contributed by atoms with van der Waals surface area (Å²) in [6.07, 6.45) is 1.83. The molecule has 1 aromatic heterocycles. The van der Waals surface area contributed by atoms with Gasteiger partial charge < -0.3 is 9.64 Å². The SMILES string of the molecule is CC(C)N1CCN(C(=O)CCC(COC(=O)Nc2cc3ccccc3cn2)N(C)Cc2cccc(F)c2Cl)CC1. The summed E-state index contributed by atoms with van der Waals surface area (Å²) in [6.45, 7) is 7.82. The van der Waals surface area contributed by atoms with Crippen LogP contribution in [0.1, 0.15) is 32.3 Å². The van der Waals surface area contributed by atoms with Gasteiger partial charge >= 0.3 is 6.09 Å². The number of piperazine rings is 1. The first-order valence-electron chi connectivity index (χ1n) is 13.6. The molecule has 1 aliphatic heterocycles. The van der Waals surface area contributed by atoms with Gasteiger partial charge in [0.15, 0.2) is 0 Å². The molecule has 40 heavy (non-hydrogen) atoms. The molecule has 1 atom stereocenters. The number of halogens is 2. The second kappa shape index (κ2) is 13.9. The third-order valence-corrected chi connectivity index (χ3v) is 7.85. The Morgan fingerprint density at radius 1 is 1.10 bits per heavy atom. The Hall–Kier alpha value is -3.27. The molecule has 3 aromatic rings. The van der Waals surface area contributed by atoms with Gasteiger partial charge in [-0.25, -0.2) is 14.2 Å². The standard InChI is InChI=1S/C30H37ClFN5O3/c1-21(2)36-13-15-37(16-14-36)28(38)12-11-25(35(3)19-24-9-6-10-26(32)29(24)31)20-40-30(39)34-27-17-22-7-4-5-8-23(22)18-33-27/h4-10,17-18,21,25H,11-16,19-20H2,1-3H3,(H,33,34,39). The quantitative estimate of drug-likeness (QED) is 0.352. The molecule has 0 aliphatic carbocycles. The summed E-state index contributed by atoms with van der Waals surface area (Å²) >= 11 is 6.20. The zero-order valence-electron chi connectivity index (χ0n) is 23.3. The maximum atomic E-state index is 14.0. The lowest BCUT2D eigenvalue weighted by molar-refractivity contribution is -0.133. The monoisotopic (exact) mass is 569 g/mol. The number of likely N-dealkylation sites (N-methyl/N-ethyl adjacent to an activating group) is 1. The highest BCUT2D eigenvalue weighted by Gasteiger charge is 2.25. The van der Waals surface area contributed by atoms with E-state index in [0.717, 1.165) is 23.9 Å². The highest BCUT2D eigenvalue weighted by Crippen LogP contribution is 2.23. The Morgan fingerprint density at radius 3 is 2.55 bits per heavy atom. The first kappa shape index (κ1) is 29.7. The summed E-state index contributed by atoms with van der Waals surface area (Å²) < 4.78 is 19.6. The predicted molar refractivity (Wildman–Crippen MR) is 156 cm³/mol. The fourth-order valence-electron chi connectivity index (χ4n) is 4.90. The molecular weight excluding hydrogens is 533 g/mol. The third kappa shape index (κ3) is 7.90. The van der Waals surface area contributed by atoms with Gasteiger partial charge in [0.05, 0.1) is 5.02 Å². The Balaban J connectivity index is 1.38. The van der Waals surface area contributed by atoms with Gasteiger partial charge in [-0.3, -0.25) is 19.9 Å². The number of hydrogen-bond acceptors (Lipinski definition) is 6. The second-order valence-corrected chi connectivity index (χ2v) is 10.8. The summed E-state index contributed by atoms with van der Waals surface area (Å²) in [4.78, 5) is 36.2. The van der Waals surface area contributed by atoms with Crippen LogP contribution < -0.4 is 5.32 Å². The summed E-state index contributed by atoms with van der Waals surface area (Å²) in [5.74, 6) is -0.0235. The lowest BCUT2D eigenvalue weighted by Gasteiger charge is -2.37. The van der Waals surface area contributed by atoms with Crippen LogP contribution >= 0.6 is 11.6 Å². The molecule has 10 heteroatoms. The molecule has 1 fully saturated rings. The van der Waals surface area contributed by atoms with Crippen LogP contribution in [0.3, 0.4) is 0 Å². The number of ether oxygens (including phenoxy) is 1. The van der Waals surface area contributed by atoms with Gasteiger partial charge in [0.1, 0.15) is 18.2 Å². The van der Waals surface area contributed by atoms with E-state index in [2.05, 4.69) is 29.0 Å². The van der Waals surface area contributed by atoms with E-state index < -0.39 is 11.9 Å². The Kier molecular flexibility index (Phi) is 10.3. The van der Waals surface area contributed by atoms with E-state index in [1.54, 1.807) is 24.4 Å². The van der Waals surface area contributed by atoms with E-state index in [9.17, 15) is 14.0 Å². The first-order chi connectivity index (χ1) is 19.2. The molecule has 0 saturated carbocycles. The molecule has 1 N–H and O–H groups in total. The van der Waals surface area contributed by atoms with E-state index in [1.807, 2.05) is 41.1 Å². The van der Waals surface area contributed by atoms with Crippen molar-refractivity contribution < 1.29 is 18.7 Å². The maximum absolute atomic E-state index is 14.0. The van der Waals surface area contributed by atoms with E-state index in [-0.39, 0.29) is 23.6 Å². The van der Waals surface area contributed by atoms with Gasteiger partial charge in [-0.2, -0.15) is 0 Å². The highest BCUT2D eigenvalue weighted by molar-refractivity contribution is 6.31. The van der Waals surface area contributed by atoms with Crippen molar-refractivity contribution in [2.75, 3.05) is 45.2 Å². The molecule has 2 amide bonds. The van der Waals surface area contributed by atoms with E-state index in [0.29, 0.717) is 49.9 Å². The van der Waals surface area contributed by atoms with Crippen LogP contribution in [0.4, 0.5) is 15.0 Å². The van der Waals surface area contributed by atoms with Gasteiger partial charge in [-0.1, -0.05) is 48.0 Å². The molecule has 8 nitrogen and oxygen atoms in total. The normalized spacial score (nSPS) is 15.0. The van der Waals surface area contributed by atoms with Crippen LogP contribution in [0.5, 0.6) is 0 Å². The number of carbonyl (C=O) groups excluding carboxylic acids is 2. The number of hydrogen-bond donors (Lipinski definition) is 1. The minimum atomic E-state index is -0.638. The number of aromatic nitrogens is 1. The fourth-order valence-corrected chi connectivity index (χ4v) is 5.09. The van der Waals surface area contributed by atoms with Crippen LogP contribution in [-0.2, 0) is 16.1 Å². The number of carbonyl (C=O) groups is 2. The van der Waals surface area contributed by atoms with Crippen molar-refractivity contribution in [1.82, 2.24) is 19.7 Å². The second-order valence-electron chi connectivity index (χ2n) is 10.5. The number of nitrogens with one attached hydrogen (secondary N) is 1. The highest BCUT2D eigenvalue weighted by atomic mass is 35.5. The first-order valence-corrected chi connectivity index (χ1v) is 14.0. The molecule has 1 aliphatic rings.